The summed E-state index contributed by atoms with van der Waals surface area (Å²) in [6.07, 6.45) is 0. The molecule has 11 heteroatoms. The van der Waals surface area contributed by atoms with Gasteiger partial charge in [-0.25, -0.2) is 0 Å². The summed E-state index contributed by atoms with van der Waals surface area (Å²) < 4.78 is 32.2. The standard InChI is InChI=1S/C11H13ClN6O3S/c1-2-14-6-3-4-8(22(19,20)21)7(5-6)15-11-17-9(12)16-10(13)18-11/h3-5,14H,2H2,1H3,(H,19,20,21)(H3,13,15,16,17,18). The molecular formula is C11H13ClN6O3S. The Morgan fingerprint density at radius 2 is 2.05 bits per heavy atom. The van der Waals surface area contributed by atoms with Crippen LogP contribution in [0.2, 0.25) is 5.28 Å². The summed E-state index contributed by atoms with van der Waals surface area (Å²) in [5.41, 5.74) is 6.16. The molecule has 0 atom stereocenters. The van der Waals surface area contributed by atoms with Crippen molar-refractivity contribution in [3.8, 4) is 0 Å². The highest BCUT2D eigenvalue weighted by Crippen LogP contribution is 2.27. The third-order valence-electron chi connectivity index (χ3n) is 2.51. The van der Waals surface area contributed by atoms with Gasteiger partial charge in [0.15, 0.2) is 0 Å². The van der Waals surface area contributed by atoms with E-state index in [1.54, 1.807) is 0 Å². The summed E-state index contributed by atoms with van der Waals surface area (Å²) in [4.78, 5) is 10.8. The highest BCUT2D eigenvalue weighted by molar-refractivity contribution is 7.86. The van der Waals surface area contributed by atoms with E-state index < -0.39 is 10.1 Å². The van der Waals surface area contributed by atoms with E-state index in [1.807, 2.05) is 6.92 Å². The van der Waals surface area contributed by atoms with Crippen molar-refractivity contribution in [2.45, 2.75) is 11.8 Å². The lowest BCUT2D eigenvalue weighted by Gasteiger charge is -2.12. The topological polar surface area (TPSA) is 143 Å². The van der Waals surface area contributed by atoms with Crippen molar-refractivity contribution in [2.75, 3.05) is 22.9 Å². The van der Waals surface area contributed by atoms with Gasteiger partial charge in [0.1, 0.15) is 4.90 Å². The molecule has 0 aliphatic carbocycles. The molecule has 1 aromatic carbocycles. The molecule has 0 aliphatic heterocycles. The first-order valence-corrected chi connectivity index (χ1v) is 7.91. The number of anilines is 4. The molecule has 0 fully saturated rings. The van der Waals surface area contributed by atoms with Crippen LogP contribution in [-0.2, 0) is 10.1 Å². The summed E-state index contributed by atoms with van der Waals surface area (Å²) >= 11 is 5.66. The second kappa shape index (κ2) is 6.30. The normalized spacial score (nSPS) is 11.2. The SMILES string of the molecule is CCNc1ccc(S(=O)(=O)O)c(Nc2nc(N)nc(Cl)n2)c1. The number of nitrogen functional groups attached to an aromatic ring is 1. The lowest BCUT2D eigenvalue weighted by atomic mass is 10.2. The van der Waals surface area contributed by atoms with Crippen molar-refractivity contribution in [3.63, 3.8) is 0 Å². The Kier molecular flexibility index (Phi) is 4.64. The van der Waals surface area contributed by atoms with Crippen molar-refractivity contribution in [2.24, 2.45) is 0 Å². The van der Waals surface area contributed by atoms with Gasteiger partial charge in [0.25, 0.3) is 10.1 Å². The lowest BCUT2D eigenvalue weighted by Crippen LogP contribution is -2.08. The highest BCUT2D eigenvalue weighted by atomic mass is 35.5. The minimum atomic E-state index is -4.43. The lowest BCUT2D eigenvalue weighted by molar-refractivity contribution is 0.483. The van der Waals surface area contributed by atoms with Gasteiger partial charge in [0.05, 0.1) is 5.69 Å². The van der Waals surface area contributed by atoms with Gasteiger partial charge in [-0.3, -0.25) is 4.55 Å². The number of aromatic nitrogens is 3. The number of halogens is 1. The fraction of sp³-hybridized carbons (Fsp3) is 0.182. The third kappa shape index (κ3) is 3.93. The van der Waals surface area contributed by atoms with Gasteiger partial charge in [0.2, 0.25) is 17.2 Å². The number of nitrogens with two attached hydrogens (primary N) is 1. The third-order valence-corrected chi connectivity index (χ3v) is 3.59. The first-order valence-electron chi connectivity index (χ1n) is 6.09. The molecule has 0 saturated heterocycles. The van der Waals surface area contributed by atoms with E-state index in [-0.39, 0.29) is 27.8 Å². The van der Waals surface area contributed by atoms with E-state index >= 15 is 0 Å². The predicted molar refractivity (Wildman–Crippen MR) is 83.0 cm³/mol. The zero-order chi connectivity index (χ0) is 16.3. The molecule has 5 N–H and O–H groups in total. The minimum Gasteiger partial charge on any atom is -0.385 e. The van der Waals surface area contributed by atoms with E-state index in [2.05, 4.69) is 25.6 Å². The van der Waals surface area contributed by atoms with Crippen LogP contribution < -0.4 is 16.4 Å². The molecule has 0 aliphatic rings. The summed E-state index contributed by atoms with van der Waals surface area (Å²) in [7, 11) is -4.43. The Hall–Kier alpha value is -2.17. The molecule has 22 heavy (non-hydrogen) atoms. The van der Waals surface area contributed by atoms with E-state index in [0.29, 0.717) is 12.2 Å². The molecule has 9 nitrogen and oxygen atoms in total. The maximum Gasteiger partial charge on any atom is 0.296 e. The number of hydrogen-bond acceptors (Lipinski definition) is 8. The van der Waals surface area contributed by atoms with Gasteiger partial charge >= 0.3 is 0 Å². The Morgan fingerprint density at radius 3 is 2.64 bits per heavy atom. The van der Waals surface area contributed by atoms with Crippen molar-refractivity contribution >= 4 is 45.0 Å². The molecule has 1 aromatic heterocycles. The van der Waals surface area contributed by atoms with Gasteiger partial charge < -0.3 is 16.4 Å². The van der Waals surface area contributed by atoms with Gasteiger partial charge in [0, 0.05) is 12.2 Å². The monoisotopic (exact) mass is 344 g/mol. The van der Waals surface area contributed by atoms with E-state index in [9.17, 15) is 13.0 Å². The molecule has 118 valence electrons. The molecule has 2 rings (SSSR count). The van der Waals surface area contributed by atoms with Crippen LogP contribution in [0.25, 0.3) is 0 Å². The molecular weight excluding hydrogens is 332 g/mol. The number of hydrogen-bond donors (Lipinski definition) is 4. The number of benzene rings is 1. The van der Waals surface area contributed by atoms with Crippen molar-refractivity contribution in [1.82, 2.24) is 15.0 Å². The van der Waals surface area contributed by atoms with E-state index in [4.69, 9.17) is 17.3 Å². The largest absolute Gasteiger partial charge is 0.385 e. The van der Waals surface area contributed by atoms with Crippen LogP contribution in [0, 0.1) is 0 Å². The second-order valence-electron chi connectivity index (χ2n) is 4.13. The number of nitrogens with one attached hydrogen (secondary N) is 2. The Labute approximate surface area is 131 Å². The van der Waals surface area contributed by atoms with E-state index in [1.165, 1.54) is 18.2 Å². The average molecular weight is 345 g/mol. The summed E-state index contributed by atoms with van der Waals surface area (Å²) in [6.45, 7) is 2.52. The quantitative estimate of drug-likeness (QED) is 0.593. The number of nitrogens with zero attached hydrogens (tertiary/aromatic N) is 3. The first-order chi connectivity index (χ1) is 10.3. The smallest absolute Gasteiger partial charge is 0.296 e. The maximum atomic E-state index is 11.4. The molecule has 0 amide bonds. The van der Waals surface area contributed by atoms with Crippen LogP contribution in [0.15, 0.2) is 23.1 Å². The first kappa shape index (κ1) is 16.2. The van der Waals surface area contributed by atoms with Crippen LogP contribution in [0.5, 0.6) is 0 Å². The summed E-state index contributed by atoms with van der Waals surface area (Å²) in [5.74, 6) is -0.171. The maximum absolute atomic E-state index is 11.4. The molecule has 0 bridgehead atoms. The molecule has 0 unspecified atom stereocenters. The Balaban J connectivity index is 2.48. The molecule has 1 heterocycles. The van der Waals surface area contributed by atoms with Crippen LogP contribution in [0.4, 0.5) is 23.3 Å². The van der Waals surface area contributed by atoms with Crippen LogP contribution >= 0.6 is 11.6 Å². The Bertz CT molecular complexity index is 778. The zero-order valence-electron chi connectivity index (χ0n) is 11.4. The molecule has 0 saturated carbocycles. The Morgan fingerprint density at radius 1 is 1.32 bits per heavy atom. The molecule has 2 aromatic rings. The fourth-order valence-corrected chi connectivity index (χ4v) is 2.50. The number of rotatable bonds is 5. The summed E-state index contributed by atoms with van der Waals surface area (Å²) in [5, 5.41) is 5.52. The van der Waals surface area contributed by atoms with Crippen molar-refractivity contribution in [3.05, 3.63) is 23.5 Å². The molecule has 0 radical (unpaired) electrons. The van der Waals surface area contributed by atoms with E-state index in [0.717, 1.165) is 0 Å². The van der Waals surface area contributed by atoms with Gasteiger partial charge in [-0.15, -0.1) is 0 Å². The zero-order valence-corrected chi connectivity index (χ0v) is 13.0. The second-order valence-corrected chi connectivity index (χ2v) is 5.86. The van der Waals surface area contributed by atoms with Gasteiger partial charge in [-0.1, -0.05) is 0 Å². The van der Waals surface area contributed by atoms with Crippen LogP contribution in [-0.4, -0.2) is 34.5 Å². The minimum absolute atomic E-state index is 0.0453. The predicted octanol–water partition coefficient (Wildman–Crippen LogP) is 1.53. The van der Waals surface area contributed by atoms with Gasteiger partial charge in [-0.2, -0.15) is 23.4 Å². The highest BCUT2D eigenvalue weighted by Gasteiger charge is 2.17. The fourth-order valence-electron chi connectivity index (χ4n) is 1.71. The van der Waals surface area contributed by atoms with Crippen molar-refractivity contribution < 1.29 is 13.0 Å². The molecule has 0 spiro atoms. The van der Waals surface area contributed by atoms with Crippen LogP contribution in [0.1, 0.15) is 6.92 Å². The van der Waals surface area contributed by atoms with Crippen LogP contribution in [0.3, 0.4) is 0 Å². The summed E-state index contributed by atoms with van der Waals surface area (Å²) in [6, 6.07) is 4.26. The van der Waals surface area contributed by atoms with Crippen molar-refractivity contribution in [1.29, 1.82) is 0 Å². The van der Waals surface area contributed by atoms with Gasteiger partial charge in [-0.05, 0) is 36.7 Å². The average Bonchev–Trinajstić information content (AvgIpc) is 2.36.